The first-order valence-corrected chi connectivity index (χ1v) is 9.90. The number of nitrogens with one attached hydrogen (secondary N) is 1. The fraction of sp³-hybridized carbons (Fsp3) is 0.304. The molecule has 0 saturated carbocycles. The highest BCUT2D eigenvalue weighted by Gasteiger charge is 2.23. The molecule has 0 aliphatic carbocycles. The first-order valence-electron chi connectivity index (χ1n) is 9.90. The number of carbonyl (C=O) groups excluding carboxylic acids is 2. The van der Waals surface area contributed by atoms with Crippen LogP contribution < -0.4 is 11.1 Å². The van der Waals surface area contributed by atoms with Crippen LogP contribution in [-0.4, -0.2) is 29.8 Å². The number of nitrogens with two attached hydrogens (primary N) is 1. The number of fused-ring (bicyclic) bond motifs is 1. The van der Waals surface area contributed by atoms with Gasteiger partial charge in [-0.2, -0.15) is 0 Å². The standard InChI is InChI=1S/C23H25N3O3/c1-15-4-9-20-18(11-15)12-21(29-20)23(28)25-19-7-5-16(6-8-19)13-26-10-2-3-17(14-26)22(24)27/h4-9,11-12,17H,2-3,10,13-14H2,1H3,(H2,24,27)(H,25,28). The van der Waals surface area contributed by atoms with E-state index in [2.05, 4.69) is 10.2 Å². The summed E-state index contributed by atoms with van der Waals surface area (Å²) in [5.74, 6) is -0.254. The fourth-order valence-electron chi connectivity index (χ4n) is 3.85. The van der Waals surface area contributed by atoms with Crippen LogP contribution in [0.25, 0.3) is 11.0 Å². The number of anilines is 1. The normalized spacial score (nSPS) is 17.3. The van der Waals surface area contributed by atoms with Crippen LogP contribution in [0.1, 0.15) is 34.5 Å². The zero-order valence-electron chi connectivity index (χ0n) is 16.5. The van der Waals surface area contributed by atoms with E-state index in [1.165, 1.54) is 0 Å². The van der Waals surface area contributed by atoms with Crippen molar-refractivity contribution in [1.29, 1.82) is 0 Å². The fourth-order valence-corrected chi connectivity index (χ4v) is 3.85. The number of primary amides is 1. The lowest BCUT2D eigenvalue weighted by atomic mass is 9.97. The predicted octanol–water partition coefficient (Wildman–Crippen LogP) is 3.69. The average molecular weight is 391 g/mol. The van der Waals surface area contributed by atoms with Gasteiger partial charge in [0, 0.05) is 24.2 Å². The molecular weight excluding hydrogens is 366 g/mol. The molecule has 3 aromatic rings. The summed E-state index contributed by atoms with van der Waals surface area (Å²) < 4.78 is 5.65. The van der Waals surface area contributed by atoms with Crippen LogP contribution >= 0.6 is 0 Å². The maximum atomic E-state index is 12.5. The Bertz CT molecular complexity index is 1040. The van der Waals surface area contributed by atoms with E-state index in [4.69, 9.17) is 10.2 Å². The Morgan fingerprint density at radius 2 is 1.97 bits per heavy atom. The van der Waals surface area contributed by atoms with Crippen LogP contribution in [0.2, 0.25) is 0 Å². The van der Waals surface area contributed by atoms with E-state index in [1.54, 1.807) is 6.07 Å². The summed E-state index contributed by atoms with van der Waals surface area (Å²) >= 11 is 0. The highest BCUT2D eigenvalue weighted by Crippen LogP contribution is 2.22. The summed E-state index contributed by atoms with van der Waals surface area (Å²) in [7, 11) is 0. The molecule has 29 heavy (non-hydrogen) atoms. The Hall–Kier alpha value is -3.12. The zero-order valence-corrected chi connectivity index (χ0v) is 16.5. The third-order valence-electron chi connectivity index (χ3n) is 5.42. The molecule has 0 radical (unpaired) electrons. The first kappa shape index (κ1) is 19.2. The van der Waals surface area contributed by atoms with Gasteiger partial charge in [0.2, 0.25) is 5.91 Å². The molecule has 150 valence electrons. The topological polar surface area (TPSA) is 88.6 Å². The van der Waals surface area contributed by atoms with Gasteiger partial charge in [-0.3, -0.25) is 14.5 Å². The maximum Gasteiger partial charge on any atom is 0.291 e. The van der Waals surface area contributed by atoms with E-state index in [9.17, 15) is 9.59 Å². The second kappa shape index (κ2) is 8.09. The minimum absolute atomic E-state index is 0.0603. The number of likely N-dealkylation sites (tertiary alicyclic amines) is 1. The Morgan fingerprint density at radius 3 is 2.72 bits per heavy atom. The minimum atomic E-state index is -0.271. The van der Waals surface area contributed by atoms with Crippen molar-refractivity contribution in [2.75, 3.05) is 18.4 Å². The van der Waals surface area contributed by atoms with E-state index < -0.39 is 0 Å². The number of nitrogens with zero attached hydrogens (tertiary/aromatic N) is 1. The van der Waals surface area contributed by atoms with Gasteiger partial charge in [0.1, 0.15) is 5.58 Å². The summed E-state index contributed by atoms with van der Waals surface area (Å²) in [6.07, 6.45) is 1.86. The summed E-state index contributed by atoms with van der Waals surface area (Å²) in [4.78, 5) is 26.2. The van der Waals surface area contributed by atoms with Gasteiger partial charge in [-0.25, -0.2) is 0 Å². The van der Waals surface area contributed by atoms with Gasteiger partial charge in [0.05, 0.1) is 5.92 Å². The molecule has 1 atom stereocenters. The largest absolute Gasteiger partial charge is 0.451 e. The van der Waals surface area contributed by atoms with Gasteiger partial charge in [-0.1, -0.05) is 23.8 Å². The summed E-state index contributed by atoms with van der Waals surface area (Å²) in [5, 5.41) is 3.80. The van der Waals surface area contributed by atoms with E-state index >= 15 is 0 Å². The highest BCUT2D eigenvalue weighted by molar-refractivity contribution is 6.04. The number of aryl methyl sites for hydroxylation is 1. The SMILES string of the molecule is Cc1ccc2oc(C(=O)Nc3ccc(CN4CCCC(C(N)=O)C4)cc3)cc2c1. The molecule has 1 aromatic heterocycles. The molecule has 1 saturated heterocycles. The Morgan fingerprint density at radius 1 is 1.17 bits per heavy atom. The van der Waals surface area contributed by atoms with Crippen molar-refractivity contribution in [2.45, 2.75) is 26.3 Å². The second-order valence-corrected chi connectivity index (χ2v) is 7.78. The van der Waals surface area contributed by atoms with Crippen molar-refractivity contribution in [3.8, 4) is 0 Å². The molecular formula is C23H25N3O3. The van der Waals surface area contributed by atoms with Crippen molar-refractivity contribution in [2.24, 2.45) is 11.7 Å². The molecule has 3 N–H and O–H groups in total. The van der Waals surface area contributed by atoms with Crippen LogP contribution in [0.4, 0.5) is 5.69 Å². The zero-order chi connectivity index (χ0) is 20.4. The van der Waals surface area contributed by atoms with E-state index in [0.29, 0.717) is 23.6 Å². The lowest BCUT2D eigenvalue weighted by Gasteiger charge is -2.31. The number of carbonyl (C=O) groups is 2. The average Bonchev–Trinajstić information content (AvgIpc) is 3.13. The molecule has 6 nitrogen and oxygen atoms in total. The molecule has 2 aromatic carbocycles. The van der Waals surface area contributed by atoms with E-state index in [-0.39, 0.29) is 17.7 Å². The number of rotatable bonds is 5. The van der Waals surface area contributed by atoms with Crippen molar-refractivity contribution in [3.05, 3.63) is 65.4 Å². The quantitative estimate of drug-likeness (QED) is 0.694. The van der Waals surface area contributed by atoms with Gasteiger partial charge in [0.15, 0.2) is 5.76 Å². The van der Waals surface area contributed by atoms with Gasteiger partial charge in [-0.15, -0.1) is 0 Å². The van der Waals surface area contributed by atoms with Gasteiger partial charge in [-0.05, 0) is 62.2 Å². The number of hydrogen-bond acceptors (Lipinski definition) is 4. The van der Waals surface area contributed by atoms with Gasteiger partial charge < -0.3 is 15.5 Å². The Kier molecular flexibility index (Phi) is 5.36. The van der Waals surface area contributed by atoms with Crippen molar-refractivity contribution in [3.63, 3.8) is 0 Å². The van der Waals surface area contributed by atoms with Crippen molar-refractivity contribution >= 4 is 28.5 Å². The molecule has 6 heteroatoms. The smallest absolute Gasteiger partial charge is 0.291 e. The monoisotopic (exact) mass is 391 g/mol. The number of amides is 2. The van der Waals surface area contributed by atoms with Gasteiger partial charge in [0.25, 0.3) is 5.91 Å². The molecule has 2 amide bonds. The van der Waals surface area contributed by atoms with Crippen LogP contribution in [0.5, 0.6) is 0 Å². The predicted molar refractivity (Wildman–Crippen MR) is 113 cm³/mol. The van der Waals surface area contributed by atoms with E-state index in [0.717, 1.165) is 42.4 Å². The van der Waals surface area contributed by atoms with Crippen LogP contribution in [0.15, 0.2) is 52.9 Å². The van der Waals surface area contributed by atoms with Gasteiger partial charge >= 0.3 is 0 Å². The number of piperidine rings is 1. The highest BCUT2D eigenvalue weighted by atomic mass is 16.3. The molecule has 1 aliphatic rings. The maximum absolute atomic E-state index is 12.5. The van der Waals surface area contributed by atoms with E-state index in [1.807, 2.05) is 49.4 Å². The molecule has 4 rings (SSSR count). The lowest BCUT2D eigenvalue weighted by Crippen LogP contribution is -2.40. The minimum Gasteiger partial charge on any atom is -0.451 e. The van der Waals surface area contributed by atoms with Crippen LogP contribution in [0, 0.1) is 12.8 Å². The molecule has 1 unspecified atom stereocenters. The molecule has 2 heterocycles. The lowest BCUT2D eigenvalue weighted by molar-refractivity contribution is -0.123. The third kappa shape index (κ3) is 4.49. The van der Waals surface area contributed by atoms with Crippen LogP contribution in [0.3, 0.4) is 0 Å². The summed E-state index contributed by atoms with van der Waals surface area (Å²) in [6, 6.07) is 15.3. The molecule has 0 bridgehead atoms. The van der Waals surface area contributed by atoms with Crippen LogP contribution in [-0.2, 0) is 11.3 Å². The number of hydrogen-bond donors (Lipinski definition) is 2. The first-order chi connectivity index (χ1) is 14.0. The van der Waals surface area contributed by atoms with Crippen molar-refractivity contribution in [1.82, 2.24) is 4.90 Å². The number of benzene rings is 2. The number of furan rings is 1. The molecule has 1 aliphatic heterocycles. The second-order valence-electron chi connectivity index (χ2n) is 7.78. The third-order valence-corrected chi connectivity index (χ3v) is 5.42. The summed E-state index contributed by atoms with van der Waals surface area (Å²) in [5.41, 5.74) is 9.12. The Labute approximate surface area is 169 Å². The molecule has 0 spiro atoms. The molecule has 1 fully saturated rings. The Balaban J connectivity index is 1.38. The van der Waals surface area contributed by atoms with Crippen molar-refractivity contribution < 1.29 is 14.0 Å². The summed E-state index contributed by atoms with van der Waals surface area (Å²) in [6.45, 7) is 4.44.